The molecule has 0 bridgehead atoms. The Bertz CT molecular complexity index is 1000. The predicted molar refractivity (Wildman–Crippen MR) is 91.0 cm³/mol. The highest BCUT2D eigenvalue weighted by Gasteiger charge is 2.14. The van der Waals surface area contributed by atoms with Crippen LogP contribution in [0.1, 0.15) is 5.56 Å². The fourth-order valence-corrected chi connectivity index (χ4v) is 3.05. The number of ether oxygens (including phenoxy) is 1. The van der Waals surface area contributed by atoms with Crippen LogP contribution in [0.2, 0.25) is 0 Å². The van der Waals surface area contributed by atoms with Gasteiger partial charge in [-0.1, -0.05) is 42.5 Å². The fraction of sp³-hybridized carbons (Fsp3) is 0.105. The molecule has 3 aromatic carbocycles. The van der Waals surface area contributed by atoms with Crippen LogP contribution in [0, 0.1) is 0 Å². The van der Waals surface area contributed by atoms with E-state index in [4.69, 9.17) is 4.74 Å². The maximum absolute atomic E-state index is 10.2. The SMILES string of the molecule is COc1ccc2ccccc2c1Cn1c(O)nc2ccccc21. The van der Waals surface area contributed by atoms with Crippen LogP contribution in [0.4, 0.5) is 0 Å². The fourth-order valence-electron chi connectivity index (χ4n) is 3.05. The van der Waals surface area contributed by atoms with Crippen molar-refractivity contribution in [3.05, 3.63) is 66.2 Å². The molecule has 0 spiro atoms. The molecule has 4 aromatic rings. The van der Waals surface area contributed by atoms with Gasteiger partial charge in [-0.2, -0.15) is 4.98 Å². The number of para-hydroxylation sites is 2. The number of hydrogen-bond acceptors (Lipinski definition) is 3. The maximum Gasteiger partial charge on any atom is 0.295 e. The zero-order valence-electron chi connectivity index (χ0n) is 12.7. The standard InChI is InChI=1S/C19H16N2O2/c1-23-18-11-10-13-6-2-3-7-14(13)15(18)12-21-17-9-5-4-8-16(17)20-19(21)22/h2-11H,12H2,1H3,(H,20,22). The highest BCUT2D eigenvalue weighted by molar-refractivity contribution is 5.88. The van der Waals surface area contributed by atoms with E-state index in [9.17, 15) is 5.11 Å². The van der Waals surface area contributed by atoms with E-state index < -0.39 is 0 Å². The first-order valence-corrected chi connectivity index (χ1v) is 7.47. The van der Waals surface area contributed by atoms with Crippen LogP contribution in [-0.4, -0.2) is 21.8 Å². The summed E-state index contributed by atoms with van der Waals surface area (Å²) in [5.74, 6) is 0.806. The lowest BCUT2D eigenvalue weighted by molar-refractivity contribution is 0.397. The second-order valence-electron chi connectivity index (χ2n) is 5.45. The second kappa shape index (κ2) is 5.32. The number of aromatic hydroxyl groups is 1. The molecular weight excluding hydrogens is 288 g/mol. The quantitative estimate of drug-likeness (QED) is 0.623. The summed E-state index contributed by atoms with van der Waals surface area (Å²) in [5, 5.41) is 12.5. The van der Waals surface area contributed by atoms with E-state index in [0.29, 0.717) is 6.54 Å². The maximum atomic E-state index is 10.2. The van der Waals surface area contributed by atoms with Crippen molar-refractivity contribution in [2.45, 2.75) is 6.54 Å². The molecule has 0 fully saturated rings. The second-order valence-corrected chi connectivity index (χ2v) is 5.45. The topological polar surface area (TPSA) is 47.3 Å². The van der Waals surface area contributed by atoms with Gasteiger partial charge in [0.05, 0.1) is 24.7 Å². The van der Waals surface area contributed by atoms with Crippen LogP contribution in [-0.2, 0) is 6.54 Å². The van der Waals surface area contributed by atoms with Gasteiger partial charge in [0, 0.05) is 5.56 Å². The van der Waals surface area contributed by atoms with Crippen molar-refractivity contribution < 1.29 is 9.84 Å². The Kier molecular flexibility index (Phi) is 3.15. The van der Waals surface area contributed by atoms with E-state index in [1.807, 2.05) is 48.5 Å². The van der Waals surface area contributed by atoms with E-state index in [1.165, 1.54) is 0 Å². The van der Waals surface area contributed by atoms with E-state index in [-0.39, 0.29) is 6.01 Å². The van der Waals surface area contributed by atoms with Crippen molar-refractivity contribution in [2.24, 2.45) is 0 Å². The van der Waals surface area contributed by atoms with Crippen molar-refractivity contribution in [3.8, 4) is 11.8 Å². The van der Waals surface area contributed by atoms with E-state index in [2.05, 4.69) is 17.1 Å². The van der Waals surface area contributed by atoms with Crippen molar-refractivity contribution >= 4 is 21.8 Å². The van der Waals surface area contributed by atoms with Crippen LogP contribution in [0.15, 0.2) is 60.7 Å². The summed E-state index contributed by atoms with van der Waals surface area (Å²) in [6.07, 6.45) is 0. The predicted octanol–water partition coefficient (Wildman–Crippen LogP) is 3.95. The van der Waals surface area contributed by atoms with Crippen LogP contribution >= 0.6 is 0 Å². The highest BCUT2D eigenvalue weighted by Crippen LogP contribution is 2.31. The number of nitrogens with zero attached hydrogens (tertiary/aromatic N) is 2. The van der Waals surface area contributed by atoms with E-state index >= 15 is 0 Å². The minimum atomic E-state index is 0.0150. The zero-order chi connectivity index (χ0) is 15.8. The van der Waals surface area contributed by atoms with E-state index in [1.54, 1.807) is 11.7 Å². The average molecular weight is 304 g/mol. The molecule has 1 N–H and O–H groups in total. The molecule has 0 aliphatic rings. The molecule has 4 rings (SSSR count). The molecule has 0 radical (unpaired) electrons. The molecular formula is C19H16N2O2. The van der Waals surface area contributed by atoms with Gasteiger partial charge in [-0.3, -0.25) is 4.57 Å². The molecule has 0 saturated heterocycles. The number of benzene rings is 3. The number of aromatic nitrogens is 2. The number of hydrogen-bond donors (Lipinski definition) is 1. The molecule has 4 nitrogen and oxygen atoms in total. The van der Waals surface area contributed by atoms with Crippen LogP contribution < -0.4 is 4.74 Å². The Hall–Kier alpha value is -3.01. The van der Waals surface area contributed by atoms with Gasteiger partial charge >= 0.3 is 0 Å². The molecule has 114 valence electrons. The summed E-state index contributed by atoms with van der Waals surface area (Å²) in [6, 6.07) is 19.9. The zero-order valence-corrected chi connectivity index (χ0v) is 12.7. The van der Waals surface area contributed by atoms with Gasteiger partial charge in [-0.05, 0) is 29.0 Å². The van der Waals surface area contributed by atoms with E-state index in [0.717, 1.165) is 33.1 Å². The molecule has 0 aliphatic heterocycles. The Morgan fingerprint density at radius 2 is 1.78 bits per heavy atom. The Morgan fingerprint density at radius 3 is 2.65 bits per heavy atom. The Balaban J connectivity index is 1.94. The largest absolute Gasteiger partial charge is 0.496 e. The van der Waals surface area contributed by atoms with Crippen molar-refractivity contribution in [3.63, 3.8) is 0 Å². The number of imidazole rings is 1. The van der Waals surface area contributed by atoms with Crippen molar-refractivity contribution in [1.82, 2.24) is 9.55 Å². The molecule has 0 unspecified atom stereocenters. The number of methoxy groups -OCH3 is 1. The first-order valence-electron chi connectivity index (χ1n) is 7.47. The average Bonchev–Trinajstić information content (AvgIpc) is 2.91. The lowest BCUT2D eigenvalue weighted by Crippen LogP contribution is -2.02. The third-order valence-electron chi connectivity index (χ3n) is 4.17. The molecule has 0 amide bonds. The highest BCUT2D eigenvalue weighted by atomic mass is 16.5. The third-order valence-corrected chi connectivity index (χ3v) is 4.17. The lowest BCUT2D eigenvalue weighted by Gasteiger charge is -2.13. The van der Waals surface area contributed by atoms with Crippen molar-refractivity contribution in [2.75, 3.05) is 7.11 Å². The smallest absolute Gasteiger partial charge is 0.295 e. The van der Waals surface area contributed by atoms with Crippen LogP contribution in [0.5, 0.6) is 11.8 Å². The molecule has 1 aromatic heterocycles. The van der Waals surface area contributed by atoms with Crippen molar-refractivity contribution in [1.29, 1.82) is 0 Å². The normalized spacial score (nSPS) is 11.2. The minimum Gasteiger partial charge on any atom is -0.496 e. The molecule has 4 heteroatoms. The lowest BCUT2D eigenvalue weighted by atomic mass is 10.0. The third kappa shape index (κ3) is 2.19. The first-order chi connectivity index (χ1) is 11.3. The summed E-state index contributed by atoms with van der Waals surface area (Å²) >= 11 is 0. The summed E-state index contributed by atoms with van der Waals surface area (Å²) in [6.45, 7) is 0.497. The monoisotopic (exact) mass is 304 g/mol. The Labute approximate surface area is 133 Å². The summed E-state index contributed by atoms with van der Waals surface area (Å²) in [5.41, 5.74) is 2.72. The van der Waals surface area contributed by atoms with Gasteiger partial charge < -0.3 is 9.84 Å². The summed E-state index contributed by atoms with van der Waals surface area (Å²) < 4.78 is 7.34. The van der Waals surface area contributed by atoms with Gasteiger partial charge in [0.2, 0.25) is 0 Å². The molecule has 23 heavy (non-hydrogen) atoms. The van der Waals surface area contributed by atoms with Crippen LogP contribution in [0.3, 0.4) is 0 Å². The summed E-state index contributed by atoms with van der Waals surface area (Å²) in [7, 11) is 1.67. The minimum absolute atomic E-state index is 0.0150. The Morgan fingerprint density at radius 1 is 1.00 bits per heavy atom. The first kappa shape index (κ1) is 13.6. The molecule has 0 aliphatic carbocycles. The van der Waals surface area contributed by atoms with Gasteiger partial charge in [0.1, 0.15) is 5.75 Å². The van der Waals surface area contributed by atoms with Crippen LogP contribution in [0.25, 0.3) is 21.8 Å². The molecule has 1 heterocycles. The summed E-state index contributed by atoms with van der Waals surface area (Å²) in [4.78, 5) is 4.22. The van der Waals surface area contributed by atoms with Gasteiger partial charge in [-0.25, -0.2) is 0 Å². The number of rotatable bonds is 3. The van der Waals surface area contributed by atoms with Gasteiger partial charge in [0.25, 0.3) is 6.01 Å². The molecule has 0 saturated carbocycles. The van der Waals surface area contributed by atoms with Gasteiger partial charge in [0.15, 0.2) is 0 Å². The molecule has 0 atom stereocenters. The van der Waals surface area contributed by atoms with Gasteiger partial charge in [-0.15, -0.1) is 0 Å². The number of fused-ring (bicyclic) bond motifs is 2.